The van der Waals surface area contributed by atoms with Gasteiger partial charge in [0.25, 0.3) is 15.9 Å². The number of fused-ring (bicyclic) bond motifs is 1. The summed E-state index contributed by atoms with van der Waals surface area (Å²) >= 11 is 0. The van der Waals surface area contributed by atoms with E-state index in [4.69, 9.17) is 9.47 Å². The van der Waals surface area contributed by atoms with Crippen LogP contribution in [0.4, 0.5) is 11.4 Å². The first-order valence-electron chi connectivity index (χ1n) is 8.40. The van der Waals surface area contributed by atoms with Crippen molar-refractivity contribution in [3.63, 3.8) is 0 Å². The molecular formula is C20H16N2O5S. The van der Waals surface area contributed by atoms with Gasteiger partial charge in [-0.2, -0.15) is 0 Å². The molecule has 3 aromatic carbocycles. The lowest BCUT2D eigenvalue weighted by Crippen LogP contribution is -2.14. The first-order chi connectivity index (χ1) is 13.5. The number of sulfonamides is 1. The predicted octanol–water partition coefficient (Wildman–Crippen LogP) is 3.47. The smallest absolute Gasteiger partial charge is 0.261 e. The Balaban J connectivity index is 1.45. The second-order valence-electron chi connectivity index (χ2n) is 6.02. The van der Waals surface area contributed by atoms with Gasteiger partial charge in [0, 0.05) is 23.0 Å². The lowest BCUT2D eigenvalue weighted by atomic mass is 10.2. The summed E-state index contributed by atoms with van der Waals surface area (Å²) in [5.41, 5.74) is 1.33. The molecule has 1 aliphatic heterocycles. The number of nitrogens with one attached hydrogen (secondary N) is 2. The molecule has 0 fully saturated rings. The Bertz CT molecular complexity index is 1110. The molecule has 142 valence electrons. The molecule has 4 rings (SSSR count). The number of carbonyl (C=O) groups excluding carboxylic acids is 1. The zero-order valence-corrected chi connectivity index (χ0v) is 15.4. The second kappa shape index (κ2) is 7.24. The molecule has 7 nitrogen and oxygen atoms in total. The fourth-order valence-corrected chi connectivity index (χ4v) is 3.76. The maximum absolute atomic E-state index is 12.4. The number of hydrogen-bond acceptors (Lipinski definition) is 5. The third kappa shape index (κ3) is 3.77. The molecule has 1 amide bonds. The first-order valence-corrected chi connectivity index (χ1v) is 9.88. The maximum Gasteiger partial charge on any atom is 0.261 e. The minimum absolute atomic E-state index is 0.160. The third-order valence-electron chi connectivity index (χ3n) is 4.08. The van der Waals surface area contributed by atoms with E-state index in [2.05, 4.69) is 10.0 Å². The van der Waals surface area contributed by atoms with Crippen molar-refractivity contribution in [3.05, 3.63) is 78.4 Å². The lowest BCUT2D eigenvalue weighted by Gasteiger charge is -2.09. The zero-order valence-electron chi connectivity index (χ0n) is 14.6. The van der Waals surface area contributed by atoms with E-state index in [9.17, 15) is 13.2 Å². The number of carbonyl (C=O) groups is 1. The van der Waals surface area contributed by atoms with Crippen LogP contribution in [0.5, 0.6) is 11.5 Å². The van der Waals surface area contributed by atoms with Crippen LogP contribution in [0.3, 0.4) is 0 Å². The quantitative estimate of drug-likeness (QED) is 0.689. The molecule has 1 heterocycles. The molecule has 0 aliphatic carbocycles. The number of hydrogen-bond donors (Lipinski definition) is 2. The molecule has 2 N–H and O–H groups in total. The normalized spacial score (nSPS) is 12.4. The summed E-state index contributed by atoms with van der Waals surface area (Å²) in [6, 6.07) is 19.4. The Kier molecular flexibility index (Phi) is 4.62. The van der Waals surface area contributed by atoms with E-state index in [0.717, 1.165) is 0 Å². The average molecular weight is 396 g/mol. The van der Waals surface area contributed by atoms with Crippen molar-refractivity contribution >= 4 is 27.3 Å². The molecule has 0 spiro atoms. The van der Waals surface area contributed by atoms with E-state index in [1.54, 1.807) is 48.5 Å². The van der Waals surface area contributed by atoms with E-state index < -0.39 is 10.0 Å². The van der Waals surface area contributed by atoms with Gasteiger partial charge in [0.2, 0.25) is 6.79 Å². The second-order valence-corrected chi connectivity index (χ2v) is 7.70. The number of amides is 1. The molecule has 0 aromatic heterocycles. The van der Waals surface area contributed by atoms with Gasteiger partial charge in [-0.1, -0.05) is 18.2 Å². The van der Waals surface area contributed by atoms with Gasteiger partial charge >= 0.3 is 0 Å². The summed E-state index contributed by atoms with van der Waals surface area (Å²) in [4.78, 5) is 12.6. The van der Waals surface area contributed by atoms with Gasteiger partial charge in [-0.25, -0.2) is 8.42 Å². The molecule has 28 heavy (non-hydrogen) atoms. The van der Waals surface area contributed by atoms with Crippen molar-refractivity contribution in [2.24, 2.45) is 0 Å². The number of anilines is 2. The third-order valence-corrected chi connectivity index (χ3v) is 5.48. The van der Waals surface area contributed by atoms with Crippen molar-refractivity contribution in [1.29, 1.82) is 0 Å². The van der Waals surface area contributed by atoms with Crippen LogP contribution in [0.2, 0.25) is 0 Å². The van der Waals surface area contributed by atoms with E-state index in [1.165, 1.54) is 24.3 Å². The topological polar surface area (TPSA) is 93.7 Å². The van der Waals surface area contributed by atoms with Crippen molar-refractivity contribution in [2.75, 3.05) is 16.8 Å². The zero-order chi connectivity index (χ0) is 19.6. The van der Waals surface area contributed by atoms with Crippen LogP contribution >= 0.6 is 0 Å². The molecule has 0 radical (unpaired) electrons. The summed E-state index contributed by atoms with van der Waals surface area (Å²) in [7, 11) is -3.68. The molecule has 0 saturated heterocycles. The number of ether oxygens (including phenoxy) is 2. The maximum atomic E-state index is 12.4. The van der Waals surface area contributed by atoms with E-state index in [1.807, 2.05) is 0 Å². The molecule has 0 unspecified atom stereocenters. The summed E-state index contributed by atoms with van der Waals surface area (Å²) in [5, 5.41) is 2.77. The van der Waals surface area contributed by atoms with E-state index in [-0.39, 0.29) is 17.6 Å². The van der Waals surface area contributed by atoms with Crippen molar-refractivity contribution in [1.82, 2.24) is 0 Å². The summed E-state index contributed by atoms with van der Waals surface area (Å²) in [5.74, 6) is 0.882. The average Bonchev–Trinajstić information content (AvgIpc) is 3.17. The minimum Gasteiger partial charge on any atom is -0.454 e. The molecule has 0 bridgehead atoms. The SMILES string of the molecule is O=C(Nc1ccc2c(c1)OCO2)c1ccc(NS(=O)(=O)c2ccccc2)cc1. The Morgan fingerprint density at radius 2 is 1.50 bits per heavy atom. The predicted molar refractivity (Wildman–Crippen MR) is 104 cm³/mol. The molecule has 1 aliphatic rings. The Morgan fingerprint density at radius 1 is 0.821 bits per heavy atom. The van der Waals surface area contributed by atoms with Crippen LogP contribution in [0.1, 0.15) is 10.4 Å². The van der Waals surface area contributed by atoms with Gasteiger partial charge < -0.3 is 14.8 Å². The molecule has 0 atom stereocenters. The van der Waals surface area contributed by atoms with Gasteiger partial charge in [0.05, 0.1) is 4.90 Å². The Hall–Kier alpha value is -3.52. The summed E-state index contributed by atoms with van der Waals surface area (Å²) < 4.78 is 37.7. The van der Waals surface area contributed by atoms with Gasteiger partial charge in [0.1, 0.15) is 0 Å². The van der Waals surface area contributed by atoms with Crippen LogP contribution in [-0.4, -0.2) is 21.1 Å². The first kappa shape index (κ1) is 17.9. The summed E-state index contributed by atoms with van der Waals surface area (Å²) in [6.07, 6.45) is 0. The Morgan fingerprint density at radius 3 is 2.25 bits per heavy atom. The van der Waals surface area contributed by atoms with Crippen molar-refractivity contribution in [2.45, 2.75) is 4.90 Å². The van der Waals surface area contributed by atoms with Gasteiger partial charge in [-0.15, -0.1) is 0 Å². The Labute approximate surface area is 162 Å². The largest absolute Gasteiger partial charge is 0.454 e. The highest BCUT2D eigenvalue weighted by atomic mass is 32.2. The lowest BCUT2D eigenvalue weighted by molar-refractivity contribution is 0.102. The number of benzene rings is 3. The standard InChI is InChI=1S/C20H16N2O5S/c23-20(21-16-10-11-18-19(12-16)27-13-26-18)14-6-8-15(9-7-14)22-28(24,25)17-4-2-1-3-5-17/h1-12,22H,13H2,(H,21,23). The van der Waals surface area contributed by atoms with Crippen molar-refractivity contribution < 1.29 is 22.7 Å². The van der Waals surface area contributed by atoms with Crippen LogP contribution in [0.15, 0.2) is 77.7 Å². The van der Waals surface area contributed by atoms with Gasteiger partial charge in [-0.3, -0.25) is 9.52 Å². The van der Waals surface area contributed by atoms with Crippen LogP contribution < -0.4 is 19.5 Å². The highest BCUT2D eigenvalue weighted by Gasteiger charge is 2.16. The molecule has 8 heteroatoms. The van der Waals surface area contributed by atoms with Crippen LogP contribution in [0, 0.1) is 0 Å². The monoisotopic (exact) mass is 396 g/mol. The number of rotatable bonds is 5. The highest BCUT2D eigenvalue weighted by Crippen LogP contribution is 2.34. The molecule has 3 aromatic rings. The fraction of sp³-hybridized carbons (Fsp3) is 0.0500. The minimum atomic E-state index is -3.68. The summed E-state index contributed by atoms with van der Waals surface area (Å²) in [6.45, 7) is 0.160. The van der Waals surface area contributed by atoms with E-state index in [0.29, 0.717) is 28.4 Å². The van der Waals surface area contributed by atoms with Gasteiger partial charge in [0.15, 0.2) is 11.5 Å². The van der Waals surface area contributed by atoms with E-state index >= 15 is 0 Å². The van der Waals surface area contributed by atoms with Crippen LogP contribution in [0.25, 0.3) is 0 Å². The van der Waals surface area contributed by atoms with Crippen LogP contribution in [-0.2, 0) is 10.0 Å². The fourth-order valence-electron chi connectivity index (χ4n) is 2.68. The van der Waals surface area contributed by atoms with Gasteiger partial charge in [-0.05, 0) is 48.5 Å². The molecule has 0 saturated carbocycles. The molecular weight excluding hydrogens is 380 g/mol. The highest BCUT2D eigenvalue weighted by molar-refractivity contribution is 7.92. The van der Waals surface area contributed by atoms with Crippen molar-refractivity contribution in [3.8, 4) is 11.5 Å².